The van der Waals surface area contributed by atoms with Crippen LogP contribution in [0.25, 0.3) is 161 Å². The monoisotopic (exact) mass is 2040 g/mol. The third-order valence-electron chi connectivity index (χ3n) is 28.0. The van der Waals surface area contributed by atoms with Crippen molar-refractivity contribution >= 4 is 138 Å². The number of hydrogen-bond donors (Lipinski definition) is 0. The molecule has 3 aliphatic heterocycles. The van der Waals surface area contributed by atoms with Gasteiger partial charge in [0.05, 0.1) is 65.2 Å². The number of fused-ring (bicyclic) bond motifs is 17. The van der Waals surface area contributed by atoms with Crippen molar-refractivity contribution in [2.75, 3.05) is 0 Å². The molecule has 16 rings (SSSR count). The Morgan fingerprint density at radius 2 is 0.551 bits per heavy atom. The average Bonchev–Trinajstić information content (AvgIpc) is 1.55. The maximum atomic E-state index is 12.7. The Balaban J connectivity index is 0.00000740. The van der Waals surface area contributed by atoms with Crippen molar-refractivity contribution in [1.29, 1.82) is 0 Å². The van der Waals surface area contributed by atoms with Crippen molar-refractivity contribution in [3.63, 3.8) is 0 Å². The van der Waals surface area contributed by atoms with Crippen LogP contribution < -0.4 is 19.9 Å². The SMILES string of the molecule is CC/C=C(\CC)c1nc(C)c(Br)c2[n-]c(c(CC)c2CC)c(-c2ccc([N+](=O)[O-])cc2)c2nc(c(-c3ccc4c(c3)C(C)(C)c3cc(-c5c6nc(c(-c7ccc([N+](=O)[O-])cc7)c7[n-]c(c(Br)c8nc(c(-c9ccc([N+](=O)[O-])cc9)c9[n-]c5c(CC)c9CC)C(CC)=C8CC)c(CC)c7CC)C(CC)=C6CC)ccc3-4)c3[n-]c(c(CC)c3CC)c1-c1ccc([N+](=O)[O-])cc1)C(CC)=C2CC.[Zn+2].[Zn+2]. The molecule has 0 saturated heterocycles. The second kappa shape index (κ2) is 40.9. The van der Waals surface area contributed by atoms with Crippen LogP contribution in [0.4, 0.5) is 22.7 Å². The molecule has 0 amide bonds. The predicted molar refractivity (Wildman–Crippen MR) is 554 cm³/mol. The topological polar surface area (TPSA) is 281 Å². The fourth-order valence-corrected chi connectivity index (χ4v) is 22.8. The van der Waals surface area contributed by atoms with Gasteiger partial charge >= 0.3 is 39.0 Å². The van der Waals surface area contributed by atoms with Gasteiger partial charge in [-0.2, -0.15) is 0 Å². The number of benzene rings is 6. The maximum absolute atomic E-state index is 12.7. The number of nitro groups is 4. The zero-order valence-electron chi connectivity index (χ0n) is 81.4. The van der Waals surface area contributed by atoms with Crippen molar-refractivity contribution in [2.24, 2.45) is 0 Å². The summed E-state index contributed by atoms with van der Waals surface area (Å²) in [6.07, 6.45) is 11.7. The molecule has 0 saturated carbocycles. The van der Waals surface area contributed by atoms with Crippen LogP contribution in [0.15, 0.2) is 148 Å². The van der Waals surface area contributed by atoms with E-state index in [1.54, 1.807) is 48.5 Å². The number of aromatic nitrogens is 8. The van der Waals surface area contributed by atoms with E-state index in [9.17, 15) is 40.5 Å². The van der Waals surface area contributed by atoms with E-state index in [0.29, 0.717) is 130 Å². The van der Waals surface area contributed by atoms with E-state index in [1.807, 2.05) is 55.5 Å². The van der Waals surface area contributed by atoms with Gasteiger partial charge in [0.1, 0.15) is 0 Å². The molecule has 0 fully saturated rings. The molecule has 4 aliphatic rings. The second-order valence-electron chi connectivity index (χ2n) is 35.1. The zero-order chi connectivity index (χ0) is 95.6. The first-order valence-corrected chi connectivity index (χ1v) is 49.2. The minimum atomic E-state index is -0.744. The first-order valence-electron chi connectivity index (χ1n) is 47.6. The first kappa shape index (κ1) is 100. The van der Waals surface area contributed by atoms with Crippen LogP contribution >= 0.6 is 31.9 Å². The number of aryl methyl sites for hydroxylation is 9. The number of halogens is 2. The number of nitrogens with zero attached hydrogens (tertiary/aromatic N) is 12. The number of rotatable bonds is 27. The first-order chi connectivity index (χ1) is 64.6. The van der Waals surface area contributed by atoms with Gasteiger partial charge in [-0.3, -0.25) is 45.4 Å². The molecule has 0 spiro atoms. The van der Waals surface area contributed by atoms with E-state index in [4.69, 9.17) is 39.9 Å². The van der Waals surface area contributed by atoms with E-state index >= 15 is 0 Å². The van der Waals surface area contributed by atoms with Crippen LogP contribution in [0.2, 0.25) is 0 Å². The fraction of sp³-hybridized carbons (Fsp3) is 0.321. The Bertz CT molecular complexity index is 7380. The van der Waals surface area contributed by atoms with Gasteiger partial charge in [-0.05, 0) is 314 Å². The largest absolute Gasteiger partial charge is 2.00 e. The van der Waals surface area contributed by atoms with Crippen LogP contribution in [0, 0.1) is 47.4 Å². The molecule has 0 N–H and O–H groups in total. The van der Waals surface area contributed by atoms with E-state index < -0.39 is 5.41 Å². The van der Waals surface area contributed by atoms with Crippen molar-refractivity contribution in [1.82, 2.24) is 39.9 Å². The normalized spacial score (nSPS) is 13.1. The van der Waals surface area contributed by atoms with Crippen LogP contribution in [0.5, 0.6) is 0 Å². The smallest absolute Gasteiger partial charge is 0.656 e. The molecule has 14 bridgehead atoms. The van der Waals surface area contributed by atoms with Crippen LogP contribution in [0.1, 0.15) is 277 Å². The summed E-state index contributed by atoms with van der Waals surface area (Å²) in [6.45, 7) is 41.2. The van der Waals surface area contributed by atoms with E-state index in [-0.39, 0.29) is 81.4 Å². The summed E-state index contributed by atoms with van der Waals surface area (Å²) in [5, 5.41) is 50.7. The molecular formula is C112H112Br2N12O8Zn2. The molecule has 1 aliphatic carbocycles. The van der Waals surface area contributed by atoms with Gasteiger partial charge in [-0.25, -0.2) is 15.0 Å². The summed E-state index contributed by atoms with van der Waals surface area (Å²) in [6, 6.07) is 41.0. The molecule has 136 heavy (non-hydrogen) atoms. The third kappa shape index (κ3) is 16.8. The summed E-state index contributed by atoms with van der Waals surface area (Å²) in [7, 11) is 0. The van der Waals surface area contributed by atoms with Gasteiger partial charge in [-0.15, -0.1) is 44.1 Å². The molecule has 20 nitrogen and oxygen atoms in total. The summed E-state index contributed by atoms with van der Waals surface area (Å²) >= 11 is 8.42. The standard InChI is InChI=1S/C112H112Br2N12O8.2Zn/c1-20-36-60(21-2)97-89(61-37-47-67(48-38-61)123(127)128)98-71(22-3)75(26-7)105(116-98)93(106-76(27-8)72(23-4)99(117-106)90(62-39-49-68(50-40-62)124(129)130)102-79(30-11)82(33-14)109(120-102)95(113)59(17)115-97)65-45-55-85-86-56-46-66(58-88(86)112(18,19)87(85)57-65)94-107-77(28-9)73(24-5)100(118-107)91(63-41-51-69(52-42-63)125(131)132)103-80(31-12)83(34-15)110(121-103)96(114)111-84(35-16)81(32-13)104(122-111)92(64-43-53-70(54-44-64)126(133)134)101-74(25-6)78(29-10)108(94)119-101;;/h36-58H,20-35H2,1-19H3;;/q-4;2*+2/b60-36+,95-59?,97-89?,98-89?,99-90?,100-91?,101-92?,102-90?,103-91?,104-92?,105-93?,106-93?,107-94?,108-94?,109-95?,110-96?,111-96?,115-59?,115-97?;;. The minimum Gasteiger partial charge on any atom is -0.656 e. The fourth-order valence-electron chi connectivity index (χ4n) is 21.7. The number of nitro benzene ring substituents is 4. The third-order valence-corrected chi connectivity index (χ3v) is 29.7. The molecular weight excluding hydrogens is 1930 g/mol. The maximum Gasteiger partial charge on any atom is 2.00 e. The quantitative estimate of drug-likeness (QED) is 0.0263. The molecule has 0 atom stereocenters. The van der Waals surface area contributed by atoms with Gasteiger partial charge in [-0.1, -0.05) is 215 Å². The van der Waals surface area contributed by atoms with Crippen molar-refractivity contribution < 1.29 is 58.6 Å². The molecule has 686 valence electrons. The molecule has 0 radical (unpaired) electrons. The Labute approximate surface area is 837 Å². The molecule has 0 unspecified atom stereocenters. The molecule has 6 aromatic carbocycles. The molecule has 12 aromatic rings. The number of non-ortho nitro benzene ring substituents is 4. The number of hydrogen-bond acceptors (Lipinski definition) is 12. The van der Waals surface area contributed by atoms with Gasteiger partial charge in [0.2, 0.25) is 0 Å². The minimum absolute atomic E-state index is 0. The molecule has 6 aromatic heterocycles. The Morgan fingerprint density at radius 1 is 0.316 bits per heavy atom. The molecule has 9 heterocycles. The van der Waals surface area contributed by atoms with E-state index in [0.717, 1.165) is 244 Å². The van der Waals surface area contributed by atoms with Gasteiger partial charge < -0.3 is 19.9 Å². The predicted octanol–water partition coefficient (Wildman–Crippen LogP) is 30.8. The average molecular weight is 2040 g/mol. The van der Waals surface area contributed by atoms with Crippen LogP contribution in [0.3, 0.4) is 0 Å². The summed E-state index contributed by atoms with van der Waals surface area (Å²) < 4.78 is 1.42. The van der Waals surface area contributed by atoms with Gasteiger partial charge in [0.15, 0.2) is 0 Å². The number of allylic oxidation sites excluding steroid dienone is 8. The van der Waals surface area contributed by atoms with Crippen LogP contribution in [-0.2, 0) is 95.7 Å². The van der Waals surface area contributed by atoms with E-state index in [1.165, 1.54) is 0 Å². The van der Waals surface area contributed by atoms with Crippen molar-refractivity contribution in [2.45, 2.75) is 240 Å². The Morgan fingerprint density at radius 3 is 0.816 bits per heavy atom. The molecule has 24 heteroatoms. The second-order valence-corrected chi connectivity index (χ2v) is 36.7. The van der Waals surface area contributed by atoms with Gasteiger partial charge in [0.25, 0.3) is 22.7 Å². The van der Waals surface area contributed by atoms with Crippen molar-refractivity contribution in [3.8, 4) is 77.9 Å². The van der Waals surface area contributed by atoms with Crippen LogP contribution in [-0.4, -0.2) is 39.6 Å². The summed E-state index contributed by atoms with van der Waals surface area (Å²) in [5.41, 5.74) is 39.5. The van der Waals surface area contributed by atoms with Crippen molar-refractivity contribution in [3.05, 3.63) is 290 Å². The van der Waals surface area contributed by atoms with E-state index in [2.05, 4.69) is 199 Å². The Hall–Kier alpha value is -11.7. The zero-order valence-corrected chi connectivity index (χ0v) is 90.5. The Kier molecular flexibility index (Phi) is 30.2. The van der Waals surface area contributed by atoms with Gasteiger partial charge in [0, 0.05) is 62.9 Å². The summed E-state index contributed by atoms with van der Waals surface area (Å²) in [4.78, 5) is 97.2. The summed E-state index contributed by atoms with van der Waals surface area (Å²) in [5.74, 6) is 0.